The summed E-state index contributed by atoms with van der Waals surface area (Å²) in [5.74, 6) is -0.756. The molecule has 76 valence electrons. The largest absolute Gasteiger partial charge is 0.481 e. The zero-order chi connectivity index (χ0) is 10.6. The van der Waals surface area contributed by atoms with Crippen LogP contribution in [0, 0.1) is 5.41 Å². The molecule has 0 saturated heterocycles. The Kier molecular flexibility index (Phi) is 3.23. The zero-order valence-corrected chi connectivity index (χ0v) is 8.53. The second-order valence-corrected chi connectivity index (χ2v) is 4.01. The molecule has 1 N–H and O–H groups in total. The van der Waals surface area contributed by atoms with Crippen LogP contribution in [0.1, 0.15) is 26.0 Å². The number of pyridine rings is 1. The molecule has 0 amide bonds. The maximum atomic E-state index is 10.8. The molecule has 3 nitrogen and oxygen atoms in total. The fraction of sp³-hybridized carbons (Fsp3) is 0.455. The van der Waals surface area contributed by atoms with Gasteiger partial charge in [0.15, 0.2) is 0 Å². The van der Waals surface area contributed by atoms with Gasteiger partial charge in [-0.15, -0.1) is 0 Å². The van der Waals surface area contributed by atoms with Gasteiger partial charge in [0, 0.05) is 11.9 Å². The van der Waals surface area contributed by atoms with Gasteiger partial charge >= 0.3 is 5.97 Å². The summed E-state index contributed by atoms with van der Waals surface area (Å²) in [5.41, 5.74) is 0.277. The van der Waals surface area contributed by atoms with Crippen LogP contribution in [-0.4, -0.2) is 16.1 Å². The van der Waals surface area contributed by atoms with E-state index in [4.69, 9.17) is 5.11 Å². The second kappa shape index (κ2) is 4.22. The van der Waals surface area contributed by atoms with E-state index in [0.29, 0.717) is 12.8 Å². The van der Waals surface area contributed by atoms with E-state index in [9.17, 15) is 4.79 Å². The topological polar surface area (TPSA) is 50.2 Å². The van der Waals surface area contributed by atoms with E-state index in [2.05, 4.69) is 4.98 Å². The zero-order valence-electron chi connectivity index (χ0n) is 8.53. The van der Waals surface area contributed by atoms with Crippen molar-refractivity contribution in [2.45, 2.75) is 26.7 Å². The maximum absolute atomic E-state index is 10.8. The maximum Gasteiger partial charge on any atom is 0.309 e. The number of carboxylic acids is 1. The smallest absolute Gasteiger partial charge is 0.309 e. The SMILES string of the molecule is CC(C)(CCc1ccccn1)C(=O)O. The first-order chi connectivity index (χ1) is 6.52. The molecule has 14 heavy (non-hydrogen) atoms. The summed E-state index contributed by atoms with van der Waals surface area (Å²) in [7, 11) is 0. The van der Waals surface area contributed by atoms with Crippen LogP contribution in [0.15, 0.2) is 24.4 Å². The molecule has 0 spiro atoms. The Hall–Kier alpha value is -1.38. The summed E-state index contributed by atoms with van der Waals surface area (Å²) in [6.07, 6.45) is 3.04. The molecule has 1 aromatic heterocycles. The average molecular weight is 193 g/mol. The van der Waals surface area contributed by atoms with Gasteiger partial charge in [-0.25, -0.2) is 0 Å². The predicted octanol–water partition coefficient (Wildman–Crippen LogP) is 2.12. The predicted molar refractivity (Wildman–Crippen MR) is 54.0 cm³/mol. The average Bonchev–Trinajstić information content (AvgIpc) is 2.16. The van der Waals surface area contributed by atoms with Crippen molar-refractivity contribution in [3.05, 3.63) is 30.1 Å². The van der Waals surface area contributed by atoms with Crippen molar-refractivity contribution in [1.82, 2.24) is 4.98 Å². The van der Waals surface area contributed by atoms with Gasteiger partial charge in [0.1, 0.15) is 0 Å². The number of aromatic nitrogens is 1. The molecule has 1 aromatic rings. The van der Waals surface area contributed by atoms with E-state index in [1.165, 1.54) is 0 Å². The van der Waals surface area contributed by atoms with Crippen LogP contribution in [0.2, 0.25) is 0 Å². The highest BCUT2D eigenvalue weighted by atomic mass is 16.4. The van der Waals surface area contributed by atoms with Gasteiger partial charge in [-0.3, -0.25) is 9.78 Å². The molecule has 1 heterocycles. The number of carboxylic acid groups (broad SMARTS) is 1. The summed E-state index contributed by atoms with van der Waals surface area (Å²) in [5, 5.41) is 8.90. The number of nitrogens with zero attached hydrogens (tertiary/aromatic N) is 1. The van der Waals surface area contributed by atoms with Crippen molar-refractivity contribution in [3.8, 4) is 0 Å². The molecular weight excluding hydrogens is 178 g/mol. The molecule has 0 aromatic carbocycles. The Bertz CT molecular complexity index is 306. The molecule has 0 radical (unpaired) electrons. The highest BCUT2D eigenvalue weighted by Crippen LogP contribution is 2.22. The minimum absolute atomic E-state index is 0.610. The Balaban J connectivity index is 2.53. The molecule has 3 heteroatoms. The van der Waals surface area contributed by atoms with Crippen LogP contribution >= 0.6 is 0 Å². The minimum atomic E-state index is -0.756. The minimum Gasteiger partial charge on any atom is -0.481 e. The Morgan fingerprint density at radius 3 is 2.71 bits per heavy atom. The van der Waals surface area contributed by atoms with E-state index in [-0.39, 0.29) is 0 Å². The van der Waals surface area contributed by atoms with Crippen LogP contribution in [0.3, 0.4) is 0 Å². The number of hydrogen-bond acceptors (Lipinski definition) is 2. The summed E-state index contributed by atoms with van der Waals surface area (Å²) in [4.78, 5) is 15.0. The van der Waals surface area contributed by atoms with E-state index in [1.54, 1.807) is 20.0 Å². The van der Waals surface area contributed by atoms with Crippen molar-refractivity contribution in [2.75, 3.05) is 0 Å². The molecule has 0 aliphatic rings. The van der Waals surface area contributed by atoms with Gasteiger partial charge in [0.25, 0.3) is 0 Å². The number of aliphatic carboxylic acids is 1. The molecule has 0 saturated carbocycles. The molecule has 0 atom stereocenters. The van der Waals surface area contributed by atoms with Gasteiger partial charge < -0.3 is 5.11 Å². The van der Waals surface area contributed by atoms with E-state index >= 15 is 0 Å². The quantitative estimate of drug-likeness (QED) is 0.796. The summed E-state index contributed by atoms with van der Waals surface area (Å²) in [6, 6.07) is 5.68. The van der Waals surface area contributed by atoms with Crippen LogP contribution in [0.4, 0.5) is 0 Å². The van der Waals surface area contributed by atoms with E-state index in [0.717, 1.165) is 5.69 Å². The third kappa shape index (κ3) is 2.83. The number of aryl methyl sites for hydroxylation is 1. The lowest BCUT2D eigenvalue weighted by atomic mass is 9.87. The van der Waals surface area contributed by atoms with Crippen molar-refractivity contribution < 1.29 is 9.90 Å². The normalized spacial score (nSPS) is 11.3. The van der Waals surface area contributed by atoms with Gasteiger partial charge in [-0.05, 0) is 38.8 Å². The van der Waals surface area contributed by atoms with Crippen molar-refractivity contribution in [2.24, 2.45) is 5.41 Å². The highest BCUT2D eigenvalue weighted by Gasteiger charge is 2.26. The lowest BCUT2D eigenvalue weighted by Crippen LogP contribution is -2.24. The van der Waals surface area contributed by atoms with E-state index < -0.39 is 11.4 Å². The standard InChI is InChI=1S/C11H15NO2/c1-11(2,10(13)14)7-6-9-5-3-4-8-12-9/h3-5,8H,6-7H2,1-2H3,(H,13,14). The van der Waals surface area contributed by atoms with Crippen molar-refractivity contribution in [3.63, 3.8) is 0 Å². The number of rotatable bonds is 4. The second-order valence-electron chi connectivity index (χ2n) is 4.01. The number of hydrogen-bond donors (Lipinski definition) is 1. The summed E-state index contributed by atoms with van der Waals surface area (Å²) < 4.78 is 0. The summed E-state index contributed by atoms with van der Waals surface area (Å²) in [6.45, 7) is 3.47. The monoisotopic (exact) mass is 193 g/mol. The lowest BCUT2D eigenvalue weighted by Gasteiger charge is -2.18. The van der Waals surface area contributed by atoms with Crippen molar-refractivity contribution >= 4 is 5.97 Å². The first-order valence-electron chi connectivity index (χ1n) is 4.66. The lowest BCUT2D eigenvalue weighted by molar-refractivity contribution is -0.147. The third-order valence-corrected chi connectivity index (χ3v) is 2.31. The molecular formula is C11H15NO2. The van der Waals surface area contributed by atoms with E-state index in [1.807, 2.05) is 18.2 Å². The third-order valence-electron chi connectivity index (χ3n) is 2.31. The molecule has 0 fully saturated rings. The highest BCUT2D eigenvalue weighted by molar-refractivity contribution is 5.73. The van der Waals surface area contributed by atoms with Gasteiger partial charge in [0.2, 0.25) is 0 Å². The van der Waals surface area contributed by atoms with Gasteiger partial charge in [0.05, 0.1) is 5.41 Å². The van der Waals surface area contributed by atoms with Crippen LogP contribution < -0.4 is 0 Å². The van der Waals surface area contributed by atoms with Crippen LogP contribution in [-0.2, 0) is 11.2 Å². The Labute approximate surface area is 83.8 Å². The van der Waals surface area contributed by atoms with Crippen LogP contribution in [0.25, 0.3) is 0 Å². The Morgan fingerprint density at radius 1 is 1.50 bits per heavy atom. The van der Waals surface area contributed by atoms with Gasteiger partial charge in [-0.1, -0.05) is 6.07 Å². The fourth-order valence-electron chi connectivity index (χ4n) is 1.09. The Morgan fingerprint density at radius 2 is 2.21 bits per heavy atom. The van der Waals surface area contributed by atoms with Crippen molar-refractivity contribution in [1.29, 1.82) is 0 Å². The van der Waals surface area contributed by atoms with Crippen LogP contribution in [0.5, 0.6) is 0 Å². The molecule has 0 aliphatic heterocycles. The molecule has 1 rings (SSSR count). The molecule has 0 unspecified atom stereocenters. The first kappa shape index (κ1) is 10.7. The van der Waals surface area contributed by atoms with Gasteiger partial charge in [-0.2, -0.15) is 0 Å². The number of carbonyl (C=O) groups is 1. The fourth-order valence-corrected chi connectivity index (χ4v) is 1.09. The summed E-state index contributed by atoms with van der Waals surface area (Å²) >= 11 is 0. The first-order valence-corrected chi connectivity index (χ1v) is 4.66. The molecule has 0 aliphatic carbocycles. The molecule has 0 bridgehead atoms.